The van der Waals surface area contributed by atoms with Gasteiger partial charge in [-0.15, -0.1) is 0 Å². The number of halogens is 4. The highest BCUT2D eigenvalue weighted by atomic mass is 32.2. The third kappa shape index (κ3) is 6.77. The first-order chi connectivity index (χ1) is 20.1. The Kier molecular flexibility index (Phi) is 8.42. The van der Waals surface area contributed by atoms with Crippen molar-refractivity contribution in [1.82, 2.24) is 24.4 Å². The van der Waals surface area contributed by atoms with Crippen LogP contribution in [0.5, 0.6) is 0 Å². The van der Waals surface area contributed by atoms with Gasteiger partial charge in [0.25, 0.3) is 5.56 Å². The van der Waals surface area contributed by atoms with E-state index in [1.807, 2.05) is 19.0 Å². The second-order valence-electron chi connectivity index (χ2n) is 12.0. The van der Waals surface area contributed by atoms with Crippen LogP contribution in [0.4, 0.5) is 29.2 Å². The fourth-order valence-electron chi connectivity index (χ4n) is 5.90. The third-order valence-corrected chi connectivity index (χ3v) is 9.46. The van der Waals surface area contributed by atoms with Crippen molar-refractivity contribution in [1.29, 1.82) is 0 Å². The van der Waals surface area contributed by atoms with Gasteiger partial charge in [-0.2, -0.15) is 4.98 Å². The first-order valence-corrected chi connectivity index (χ1v) is 15.8. The molecule has 43 heavy (non-hydrogen) atoms. The molecule has 2 heterocycles. The van der Waals surface area contributed by atoms with Gasteiger partial charge < -0.3 is 10.2 Å². The summed E-state index contributed by atoms with van der Waals surface area (Å²) in [5.41, 5.74) is -0.357. The minimum Gasteiger partial charge on any atom is -0.351 e. The van der Waals surface area contributed by atoms with E-state index in [1.165, 1.54) is 16.8 Å². The minimum atomic E-state index is -4.07. The number of hydrogen-bond donors (Lipinski definition) is 2. The van der Waals surface area contributed by atoms with Crippen LogP contribution in [0, 0.1) is 11.7 Å². The quantitative estimate of drug-likeness (QED) is 0.331. The molecule has 0 aliphatic heterocycles. The van der Waals surface area contributed by atoms with Crippen LogP contribution in [0.25, 0.3) is 22.4 Å². The molecule has 0 bridgehead atoms. The van der Waals surface area contributed by atoms with Crippen molar-refractivity contribution in [3.8, 4) is 11.3 Å². The summed E-state index contributed by atoms with van der Waals surface area (Å²) in [6.07, 6.45) is 1.09. The van der Waals surface area contributed by atoms with E-state index in [9.17, 15) is 26.4 Å². The molecule has 0 amide bonds. The zero-order valence-electron chi connectivity index (χ0n) is 24.3. The van der Waals surface area contributed by atoms with Gasteiger partial charge in [0.1, 0.15) is 23.2 Å². The van der Waals surface area contributed by atoms with Gasteiger partial charge in [0.15, 0.2) is 5.65 Å². The Hall–Kier alpha value is -3.33. The topological polar surface area (TPSA) is 122 Å². The van der Waals surface area contributed by atoms with Gasteiger partial charge in [-0.3, -0.25) is 14.1 Å². The van der Waals surface area contributed by atoms with E-state index < -0.39 is 58.0 Å². The normalized spacial score (nSPS) is 22.6. The highest BCUT2D eigenvalue weighted by Gasteiger charge is 2.46. The molecular weight excluding hydrogens is 590 g/mol. The standard InChI is InChI=1S/C28H35F4N7O3S/c1-15(2)39-25-22(13-33-27(36-25)34-18-6-8-23(38(3)4)20(30)10-18)35-24(26(39)40)17-5-7-21(19(29)9-17)37-43(41,42)14-16-11-28(31,32)12-16/h5,7,9,13,15-16,18,20,23,37H,6,8,10-12,14H2,1-4H3,(H,33,34,36)/t18-,20-,23-/m0/s1. The molecule has 0 spiro atoms. The van der Waals surface area contributed by atoms with E-state index in [4.69, 9.17) is 0 Å². The summed E-state index contributed by atoms with van der Waals surface area (Å²) in [5, 5.41) is 3.18. The zero-order valence-corrected chi connectivity index (χ0v) is 25.1. The lowest BCUT2D eigenvalue weighted by Gasteiger charge is -2.35. The number of nitrogens with one attached hydrogen (secondary N) is 2. The van der Waals surface area contributed by atoms with E-state index >= 15 is 4.39 Å². The van der Waals surface area contributed by atoms with Crippen LogP contribution in [0.15, 0.2) is 29.2 Å². The minimum absolute atomic E-state index is 0.0854. The SMILES string of the molecule is CC(C)n1c(=O)c(-c2ccc(NS(=O)(=O)CC3CC(F)(F)C3)c(F)c2)nc2cnc(N[C@H]3CC[C@H](N(C)C)[C@@H](F)C3)nc21. The van der Waals surface area contributed by atoms with Crippen LogP contribution >= 0.6 is 0 Å². The molecule has 2 aliphatic carbocycles. The maximum atomic E-state index is 15.1. The molecule has 3 atom stereocenters. The number of benzene rings is 1. The number of rotatable bonds is 9. The number of fused-ring (bicyclic) bond motifs is 1. The van der Waals surface area contributed by atoms with Crippen molar-refractivity contribution in [2.45, 2.75) is 76.2 Å². The fraction of sp³-hybridized carbons (Fsp3) is 0.571. The summed E-state index contributed by atoms with van der Waals surface area (Å²) in [5.74, 6) is -4.83. The Balaban J connectivity index is 1.39. The summed E-state index contributed by atoms with van der Waals surface area (Å²) in [4.78, 5) is 28.7. The predicted molar refractivity (Wildman–Crippen MR) is 156 cm³/mol. The van der Waals surface area contributed by atoms with Gasteiger partial charge >= 0.3 is 0 Å². The Bertz CT molecular complexity index is 1670. The Morgan fingerprint density at radius 1 is 1.16 bits per heavy atom. The molecule has 3 aromatic rings. The average Bonchev–Trinajstić information content (AvgIpc) is 2.87. The van der Waals surface area contributed by atoms with E-state index in [-0.39, 0.29) is 52.2 Å². The number of alkyl halides is 3. The monoisotopic (exact) mass is 625 g/mol. The van der Waals surface area contributed by atoms with Crippen molar-refractivity contribution < 1.29 is 26.0 Å². The molecule has 2 aromatic heterocycles. The maximum Gasteiger partial charge on any atom is 0.278 e. The van der Waals surface area contributed by atoms with Gasteiger partial charge in [0.2, 0.25) is 21.9 Å². The Labute approximate surface area is 247 Å². The van der Waals surface area contributed by atoms with Gasteiger partial charge in [-0.05, 0) is 58.8 Å². The average molecular weight is 626 g/mol. The predicted octanol–water partition coefficient (Wildman–Crippen LogP) is 4.59. The Morgan fingerprint density at radius 2 is 1.88 bits per heavy atom. The van der Waals surface area contributed by atoms with Gasteiger partial charge in [-0.25, -0.2) is 35.9 Å². The van der Waals surface area contributed by atoms with Gasteiger partial charge in [0, 0.05) is 43.0 Å². The van der Waals surface area contributed by atoms with Crippen molar-refractivity contribution in [3.63, 3.8) is 0 Å². The van der Waals surface area contributed by atoms with Crippen LogP contribution in [0.1, 0.15) is 52.0 Å². The van der Waals surface area contributed by atoms with E-state index in [1.54, 1.807) is 13.8 Å². The summed E-state index contributed by atoms with van der Waals surface area (Å²) >= 11 is 0. The largest absolute Gasteiger partial charge is 0.351 e. The maximum absolute atomic E-state index is 15.1. The molecule has 0 saturated heterocycles. The van der Waals surface area contributed by atoms with Crippen molar-refractivity contribution >= 4 is 32.8 Å². The van der Waals surface area contributed by atoms with Gasteiger partial charge in [0.05, 0.1) is 17.6 Å². The zero-order chi connectivity index (χ0) is 31.3. The first kappa shape index (κ1) is 31.1. The number of hydrogen-bond acceptors (Lipinski definition) is 8. The molecule has 5 rings (SSSR count). The third-order valence-electron chi connectivity index (χ3n) is 8.02. The van der Waals surface area contributed by atoms with Crippen molar-refractivity contribution in [2.24, 2.45) is 5.92 Å². The lowest BCUT2D eigenvalue weighted by Crippen LogP contribution is -2.44. The van der Waals surface area contributed by atoms with E-state index in [2.05, 4.69) is 25.0 Å². The number of aromatic nitrogens is 4. The van der Waals surface area contributed by atoms with Crippen LogP contribution in [-0.2, 0) is 10.0 Å². The molecule has 2 saturated carbocycles. The highest BCUT2D eigenvalue weighted by Crippen LogP contribution is 2.43. The lowest BCUT2D eigenvalue weighted by atomic mass is 9.83. The van der Waals surface area contributed by atoms with Crippen molar-refractivity contribution in [2.75, 3.05) is 29.9 Å². The first-order valence-electron chi connectivity index (χ1n) is 14.2. The summed E-state index contributed by atoms with van der Waals surface area (Å²) in [6, 6.07) is 2.82. The molecule has 15 heteroatoms. The van der Waals surface area contributed by atoms with E-state index in [0.29, 0.717) is 12.8 Å². The van der Waals surface area contributed by atoms with Gasteiger partial charge in [-0.1, -0.05) is 6.07 Å². The second-order valence-corrected chi connectivity index (χ2v) is 13.8. The van der Waals surface area contributed by atoms with Crippen LogP contribution in [0.3, 0.4) is 0 Å². The van der Waals surface area contributed by atoms with E-state index in [0.717, 1.165) is 18.6 Å². The molecular formula is C28H35F4N7O3S. The highest BCUT2D eigenvalue weighted by molar-refractivity contribution is 7.92. The van der Waals surface area contributed by atoms with Crippen LogP contribution in [0.2, 0.25) is 0 Å². The second kappa shape index (κ2) is 11.6. The molecule has 2 N–H and O–H groups in total. The smallest absolute Gasteiger partial charge is 0.278 e. The lowest BCUT2D eigenvalue weighted by molar-refractivity contribution is -0.103. The number of nitrogens with zero attached hydrogens (tertiary/aromatic N) is 5. The van der Waals surface area contributed by atoms with Crippen LogP contribution in [-0.4, -0.2) is 76.9 Å². The molecule has 0 radical (unpaired) electrons. The molecule has 1 aromatic carbocycles. The summed E-state index contributed by atoms with van der Waals surface area (Å²) < 4.78 is 84.3. The molecule has 234 valence electrons. The molecule has 10 nitrogen and oxygen atoms in total. The molecule has 2 aliphatic rings. The molecule has 2 fully saturated rings. The Morgan fingerprint density at radius 3 is 2.49 bits per heavy atom. The fourth-order valence-corrected chi connectivity index (χ4v) is 7.34. The number of anilines is 2. The number of sulfonamides is 1. The molecule has 0 unspecified atom stereocenters. The summed E-state index contributed by atoms with van der Waals surface area (Å²) in [6.45, 7) is 3.57. The van der Waals surface area contributed by atoms with Crippen LogP contribution < -0.4 is 15.6 Å². The van der Waals surface area contributed by atoms with Crippen molar-refractivity contribution in [3.05, 3.63) is 40.6 Å². The summed E-state index contributed by atoms with van der Waals surface area (Å²) in [7, 11) is -0.356.